The van der Waals surface area contributed by atoms with Crippen molar-refractivity contribution in [2.45, 2.75) is 31.8 Å². The quantitative estimate of drug-likeness (QED) is 0.884. The van der Waals surface area contributed by atoms with Crippen LogP contribution in [-0.2, 0) is 4.74 Å². The summed E-state index contributed by atoms with van der Waals surface area (Å²) in [6.07, 6.45) is 1.97. The molecule has 3 heterocycles. The van der Waals surface area contributed by atoms with Gasteiger partial charge < -0.3 is 19.5 Å². The summed E-state index contributed by atoms with van der Waals surface area (Å²) in [5, 5.41) is 0. The molecule has 2 amide bonds. The standard InChI is InChI=1S/C20H24N4O3/c1-14-16(22-17(21-14)15-7-4-3-5-8-15)18(25)24-11-6-9-20(10-12-24)13-23(2)19(26)27-20/h3-5,7-8H,6,9-13H2,1-2H3,(H,21,22)/t20-/m1/s1. The van der Waals surface area contributed by atoms with Crippen LogP contribution in [0.2, 0.25) is 0 Å². The maximum absolute atomic E-state index is 13.1. The predicted molar refractivity (Wildman–Crippen MR) is 100 cm³/mol. The Morgan fingerprint density at radius 3 is 2.70 bits per heavy atom. The number of likely N-dealkylation sites (tertiary alicyclic amines) is 1. The van der Waals surface area contributed by atoms with Gasteiger partial charge in [0, 0.05) is 37.8 Å². The molecule has 0 bridgehead atoms. The van der Waals surface area contributed by atoms with E-state index in [0.717, 1.165) is 24.1 Å². The number of H-pyrrole nitrogens is 1. The number of nitrogens with zero attached hydrogens (tertiary/aromatic N) is 3. The van der Waals surface area contributed by atoms with Crippen LogP contribution in [0.4, 0.5) is 4.79 Å². The number of imidazole rings is 1. The van der Waals surface area contributed by atoms with Crippen LogP contribution in [0.5, 0.6) is 0 Å². The third-order valence-electron chi connectivity index (χ3n) is 5.46. The molecule has 0 saturated carbocycles. The second-order valence-electron chi connectivity index (χ2n) is 7.48. The van der Waals surface area contributed by atoms with Crippen molar-refractivity contribution in [3.05, 3.63) is 41.7 Å². The molecule has 0 radical (unpaired) electrons. The van der Waals surface area contributed by atoms with Crippen molar-refractivity contribution in [3.8, 4) is 11.4 Å². The molecule has 2 aliphatic rings. The molecule has 0 unspecified atom stereocenters. The van der Waals surface area contributed by atoms with Gasteiger partial charge in [0.25, 0.3) is 5.91 Å². The van der Waals surface area contributed by atoms with Gasteiger partial charge in [0.1, 0.15) is 17.1 Å². The van der Waals surface area contributed by atoms with Gasteiger partial charge in [-0.1, -0.05) is 30.3 Å². The van der Waals surface area contributed by atoms with Gasteiger partial charge >= 0.3 is 6.09 Å². The van der Waals surface area contributed by atoms with E-state index in [9.17, 15) is 9.59 Å². The fourth-order valence-corrected chi connectivity index (χ4v) is 3.97. The molecule has 7 nitrogen and oxygen atoms in total. The number of carbonyl (C=O) groups excluding carboxylic acids is 2. The topological polar surface area (TPSA) is 78.5 Å². The Hall–Kier alpha value is -2.83. The summed E-state index contributed by atoms with van der Waals surface area (Å²) in [4.78, 5) is 36.1. The number of hydrogen-bond acceptors (Lipinski definition) is 4. The van der Waals surface area contributed by atoms with E-state index in [4.69, 9.17) is 4.74 Å². The van der Waals surface area contributed by atoms with E-state index in [1.54, 1.807) is 11.9 Å². The third kappa shape index (κ3) is 3.29. The molecule has 1 spiro atoms. The summed E-state index contributed by atoms with van der Waals surface area (Å²) in [7, 11) is 1.75. The lowest BCUT2D eigenvalue weighted by Crippen LogP contribution is -2.37. The molecule has 1 aromatic heterocycles. The molecule has 7 heteroatoms. The first-order chi connectivity index (χ1) is 13.0. The number of benzene rings is 1. The summed E-state index contributed by atoms with van der Waals surface area (Å²) in [6.45, 7) is 3.68. The monoisotopic (exact) mass is 368 g/mol. The van der Waals surface area contributed by atoms with Crippen molar-refractivity contribution in [2.75, 3.05) is 26.7 Å². The molecule has 1 aromatic carbocycles. The molecule has 27 heavy (non-hydrogen) atoms. The van der Waals surface area contributed by atoms with E-state index in [1.807, 2.05) is 42.2 Å². The normalized spacial score (nSPS) is 22.8. The zero-order valence-electron chi connectivity index (χ0n) is 15.7. The SMILES string of the molecule is Cc1[nH]c(-c2ccccc2)nc1C(=O)N1CCC[C@@]2(CC1)CN(C)C(=O)O2. The van der Waals surface area contributed by atoms with Crippen LogP contribution in [0.25, 0.3) is 11.4 Å². The van der Waals surface area contributed by atoms with Crippen LogP contribution in [0.3, 0.4) is 0 Å². The van der Waals surface area contributed by atoms with Crippen LogP contribution in [0.15, 0.2) is 30.3 Å². The fraction of sp³-hybridized carbons (Fsp3) is 0.450. The van der Waals surface area contributed by atoms with Gasteiger partial charge in [0.2, 0.25) is 0 Å². The maximum atomic E-state index is 13.1. The number of aromatic amines is 1. The number of ether oxygens (including phenoxy) is 1. The van der Waals surface area contributed by atoms with Crippen molar-refractivity contribution in [3.63, 3.8) is 0 Å². The Morgan fingerprint density at radius 2 is 2.00 bits per heavy atom. The molecule has 1 atom stereocenters. The van der Waals surface area contributed by atoms with E-state index < -0.39 is 5.60 Å². The molecule has 2 saturated heterocycles. The Bertz CT molecular complexity index is 863. The lowest BCUT2D eigenvalue weighted by Gasteiger charge is -2.25. The molecule has 2 fully saturated rings. The smallest absolute Gasteiger partial charge is 0.410 e. The van der Waals surface area contributed by atoms with E-state index in [0.29, 0.717) is 37.6 Å². The van der Waals surface area contributed by atoms with Crippen LogP contribution in [0.1, 0.15) is 35.4 Å². The van der Waals surface area contributed by atoms with Gasteiger partial charge in [-0.2, -0.15) is 0 Å². The van der Waals surface area contributed by atoms with Crippen molar-refractivity contribution in [2.24, 2.45) is 0 Å². The summed E-state index contributed by atoms with van der Waals surface area (Å²) in [6, 6.07) is 9.78. The highest BCUT2D eigenvalue weighted by Crippen LogP contribution is 2.33. The van der Waals surface area contributed by atoms with Crippen molar-refractivity contribution < 1.29 is 14.3 Å². The van der Waals surface area contributed by atoms with Gasteiger partial charge in [-0.3, -0.25) is 4.79 Å². The van der Waals surface area contributed by atoms with Crippen molar-refractivity contribution in [1.82, 2.24) is 19.8 Å². The fourth-order valence-electron chi connectivity index (χ4n) is 3.97. The van der Waals surface area contributed by atoms with Gasteiger partial charge in [-0.05, 0) is 19.8 Å². The van der Waals surface area contributed by atoms with Crippen molar-refractivity contribution in [1.29, 1.82) is 0 Å². The highest BCUT2D eigenvalue weighted by atomic mass is 16.6. The molecule has 2 aliphatic heterocycles. The number of likely N-dealkylation sites (N-methyl/N-ethyl adjacent to an activating group) is 1. The number of carbonyl (C=O) groups is 2. The minimum Gasteiger partial charge on any atom is -0.441 e. The second kappa shape index (κ2) is 6.72. The van der Waals surface area contributed by atoms with Gasteiger partial charge in [0.05, 0.1) is 6.54 Å². The number of amides is 2. The number of aryl methyl sites for hydroxylation is 1. The molecule has 2 aromatic rings. The summed E-state index contributed by atoms with van der Waals surface area (Å²) in [5.74, 6) is 0.634. The highest BCUT2D eigenvalue weighted by Gasteiger charge is 2.44. The Balaban J connectivity index is 1.50. The number of hydrogen-bond donors (Lipinski definition) is 1. The molecular formula is C20H24N4O3. The average molecular weight is 368 g/mol. The first kappa shape index (κ1) is 17.6. The molecule has 4 rings (SSSR count). The molecule has 1 N–H and O–H groups in total. The lowest BCUT2D eigenvalue weighted by molar-refractivity contribution is 0.0438. The largest absolute Gasteiger partial charge is 0.441 e. The number of aromatic nitrogens is 2. The summed E-state index contributed by atoms with van der Waals surface area (Å²) < 4.78 is 5.63. The number of rotatable bonds is 2. The van der Waals surface area contributed by atoms with Gasteiger partial charge in [-0.15, -0.1) is 0 Å². The average Bonchev–Trinajstić information content (AvgIpc) is 3.10. The van der Waals surface area contributed by atoms with Crippen LogP contribution in [-0.4, -0.2) is 64.1 Å². The molecule has 0 aliphatic carbocycles. The zero-order chi connectivity index (χ0) is 19.0. The predicted octanol–water partition coefficient (Wildman–Crippen LogP) is 2.83. The first-order valence-corrected chi connectivity index (χ1v) is 9.33. The Kier molecular flexibility index (Phi) is 4.37. The second-order valence-corrected chi connectivity index (χ2v) is 7.48. The van der Waals surface area contributed by atoms with Crippen LogP contribution < -0.4 is 0 Å². The van der Waals surface area contributed by atoms with E-state index in [2.05, 4.69) is 9.97 Å². The van der Waals surface area contributed by atoms with E-state index in [-0.39, 0.29) is 12.0 Å². The highest BCUT2D eigenvalue weighted by molar-refractivity contribution is 5.94. The maximum Gasteiger partial charge on any atom is 0.410 e. The van der Waals surface area contributed by atoms with E-state index >= 15 is 0 Å². The number of nitrogens with one attached hydrogen (secondary N) is 1. The van der Waals surface area contributed by atoms with Crippen LogP contribution >= 0.6 is 0 Å². The third-order valence-corrected chi connectivity index (χ3v) is 5.46. The van der Waals surface area contributed by atoms with Gasteiger partial charge in [0.15, 0.2) is 0 Å². The Morgan fingerprint density at radius 1 is 1.22 bits per heavy atom. The molecule has 142 valence electrons. The van der Waals surface area contributed by atoms with Crippen LogP contribution in [0, 0.1) is 6.92 Å². The summed E-state index contributed by atoms with van der Waals surface area (Å²) in [5.41, 5.74) is 1.72. The Labute approximate surface area is 158 Å². The van der Waals surface area contributed by atoms with Crippen molar-refractivity contribution >= 4 is 12.0 Å². The summed E-state index contributed by atoms with van der Waals surface area (Å²) >= 11 is 0. The first-order valence-electron chi connectivity index (χ1n) is 9.33. The minimum absolute atomic E-state index is 0.0688. The minimum atomic E-state index is -0.462. The van der Waals surface area contributed by atoms with E-state index in [1.165, 1.54) is 0 Å². The lowest BCUT2D eigenvalue weighted by atomic mass is 9.95. The molecular weight excluding hydrogens is 344 g/mol. The van der Waals surface area contributed by atoms with Gasteiger partial charge in [-0.25, -0.2) is 9.78 Å². The zero-order valence-corrected chi connectivity index (χ0v) is 15.7.